The van der Waals surface area contributed by atoms with Gasteiger partial charge in [0.1, 0.15) is 0 Å². The van der Waals surface area contributed by atoms with Crippen LogP contribution in [0, 0.1) is 0 Å². The highest BCUT2D eigenvalue weighted by Gasteiger charge is 2.12. The third kappa shape index (κ3) is 1.70. The highest BCUT2D eigenvalue weighted by Crippen LogP contribution is 2.29. The molecule has 0 amide bonds. The predicted molar refractivity (Wildman–Crippen MR) is 67.9 cm³/mol. The minimum Gasteiger partial charge on any atom is -0.340 e. The molecule has 80 valence electrons. The standard InChI is InChI=1S/C12H15BrN2/c1-8(2)15-10(7-14)6-9-4-3-5-11(13)12(9)15/h3-6,8H,7,14H2,1-2H3. The molecule has 1 aromatic heterocycles. The Hall–Kier alpha value is -0.800. The molecule has 2 aromatic rings. The quantitative estimate of drug-likeness (QED) is 0.887. The molecule has 0 radical (unpaired) electrons. The van der Waals surface area contributed by atoms with Crippen molar-refractivity contribution >= 4 is 26.8 Å². The lowest BCUT2D eigenvalue weighted by Gasteiger charge is -2.14. The van der Waals surface area contributed by atoms with Crippen LogP contribution < -0.4 is 5.73 Å². The molecule has 0 saturated carbocycles. The van der Waals surface area contributed by atoms with E-state index in [1.54, 1.807) is 0 Å². The zero-order chi connectivity index (χ0) is 11.0. The lowest BCUT2D eigenvalue weighted by molar-refractivity contribution is 0.594. The van der Waals surface area contributed by atoms with Gasteiger partial charge in [0.05, 0.1) is 5.52 Å². The molecule has 3 heteroatoms. The zero-order valence-corrected chi connectivity index (χ0v) is 10.6. The predicted octanol–water partition coefficient (Wildman–Crippen LogP) is 3.44. The van der Waals surface area contributed by atoms with Crippen LogP contribution in [0.15, 0.2) is 28.7 Å². The van der Waals surface area contributed by atoms with Gasteiger partial charge < -0.3 is 10.3 Å². The molecule has 1 heterocycles. The molecular weight excluding hydrogens is 252 g/mol. The fourth-order valence-electron chi connectivity index (χ4n) is 2.04. The van der Waals surface area contributed by atoms with Crippen LogP contribution in [-0.2, 0) is 6.54 Å². The largest absolute Gasteiger partial charge is 0.340 e. The second-order valence-electron chi connectivity index (χ2n) is 3.98. The zero-order valence-electron chi connectivity index (χ0n) is 9.00. The number of nitrogens with two attached hydrogens (primary N) is 1. The van der Waals surface area contributed by atoms with Crippen molar-refractivity contribution in [1.82, 2.24) is 4.57 Å². The summed E-state index contributed by atoms with van der Waals surface area (Å²) in [6.45, 7) is 4.94. The van der Waals surface area contributed by atoms with Crippen LogP contribution in [0.2, 0.25) is 0 Å². The first-order valence-electron chi connectivity index (χ1n) is 5.13. The van der Waals surface area contributed by atoms with Crippen molar-refractivity contribution in [1.29, 1.82) is 0 Å². The second-order valence-corrected chi connectivity index (χ2v) is 4.84. The molecule has 0 bridgehead atoms. The summed E-state index contributed by atoms with van der Waals surface area (Å²) in [4.78, 5) is 0. The Morgan fingerprint density at radius 3 is 2.73 bits per heavy atom. The minimum absolute atomic E-state index is 0.430. The molecule has 2 nitrogen and oxygen atoms in total. The summed E-state index contributed by atoms with van der Waals surface area (Å²) in [6, 6.07) is 8.84. The third-order valence-electron chi connectivity index (χ3n) is 2.62. The van der Waals surface area contributed by atoms with Crippen LogP contribution in [0.25, 0.3) is 10.9 Å². The van der Waals surface area contributed by atoms with Gasteiger partial charge in [0.25, 0.3) is 0 Å². The summed E-state index contributed by atoms with van der Waals surface area (Å²) in [5, 5.41) is 1.25. The van der Waals surface area contributed by atoms with Gasteiger partial charge in [-0.3, -0.25) is 0 Å². The van der Waals surface area contributed by atoms with E-state index < -0.39 is 0 Å². The lowest BCUT2D eigenvalue weighted by Crippen LogP contribution is -2.09. The first-order valence-corrected chi connectivity index (χ1v) is 5.93. The van der Waals surface area contributed by atoms with Crippen molar-refractivity contribution in [2.45, 2.75) is 26.4 Å². The number of benzene rings is 1. The maximum atomic E-state index is 5.77. The topological polar surface area (TPSA) is 30.9 Å². The molecular formula is C12H15BrN2. The van der Waals surface area contributed by atoms with Gasteiger partial charge in [-0.25, -0.2) is 0 Å². The molecule has 0 spiro atoms. The Bertz CT molecular complexity index is 486. The Morgan fingerprint density at radius 1 is 1.40 bits per heavy atom. The maximum Gasteiger partial charge on any atom is 0.0629 e. The van der Waals surface area contributed by atoms with Gasteiger partial charge in [0.2, 0.25) is 0 Å². The normalized spacial score (nSPS) is 11.5. The number of rotatable bonds is 2. The molecule has 0 aliphatic heterocycles. The molecule has 0 aliphatic carbocycles. The molecule has 0 unspecified atom stereocenters. The van der Waals surface area contributed by atoms with Crippen LogP contribution in [0.5, 0.6) is 0 Å². The van der Waals surface area contributed by atoms with E-state index in [0.717, 1.165) is 4.47 Å². The van der Waals surface area contributed by atoms with Crippen LogP contribution in [0.3, 0.4) is 0 Å². The number of fused-ring (bicyclic) bond motifs is 1. The summed E-state index contributed by atoms with van der Waals surface area (Å²) < 4.78 is 3.42. The number of halogens is 1. The van der Waals surface area contributed by atoms with Crippen molar-refractivity contribution in [3.63, 3.8) is 0 Å². The van der Waals surface area contributed by atoms with Gasteiger partial charge >= 0.3 is 0 Å². The number of para-hydroxylation sites is 1. The van der Waals surface area contributed by atoms with Gasteiger partial charge in [-0.1, -0.05) is 12.1 Å². The van der Waals surface area contributed by atoms with E-state index in [0.29, 0.717) is 12.6 Å². The molecule has 15 heavy (non-hydrogen) atoms. The van der Waals surface area contributed by atoms with Crippen LogP contribution in [0.4, 0.5) is 0 Å². The monoisotopic (exact) mass is 266 g/mol. The Kier molecular flexibility index (Phi) is 2.85. The highest BCUT2D eigenvalue weighted by atomic mass is 79.9. The van der Waals surface area contributed by atoms with Crippen molar-refractivity contribution in [3.8, 4) is 0 Å². The van der Waals surface area contributed by atoms with Gasteiger partial charge in [-0.15, -0.1) is 0 Å². The van der Waals surface area contributed by atoms with E-state index in [-0.39, 0.29) is 0 Å². The molecule has 2 rings (SSSR count). The molecule has 0 saturated heterocycles. The fourth-order valence-corrected chi connectivity index (χ4v) is 2.61. The van der Waals surface area contributed by atoms with Crippen LogP contribution in [-0.4, -0.2) is 4.57 Å². The molecule has 0 atom stereocenters. The lowest BCUT2D eigenvalue weighted by atomic mass is 10.2. The first kappa shape index (κ1) is 10.7. The number of hydrogen-bond donors (Lipinski definition) is 1. The number of hydrogen-bond acceptors (Lipinski definition) is 1. The van der Waals surface area contributed by atoms with Crippen molar-refractivity contribution < 1.29 is 0 Å². The van der Waals surface area contributed by atoms with E-state index in [4.69, 9.17) is 5.73 Å². The van der Waals surface area contributed by atoms with E-state index in [1.165, 1.54) is 16.6 Å². The van der Waals surface area contributed by atoms with Crippen LogP contribution >= 0.6 is 15.9 Å². The molecule has 1 aromatic carbocycles. The number of aromatic nitrogens is 1. The van der Waals surface area contributed by atoms with E-state index in [2.05, 4.69) is 58.6 Å². The smallest absolute Gasteiger partial charge is 0.0629 e. The van der Waals surface area contributed by atoms with Crippen molar-refractivity contribution in [2.24, 2.45) is 5.73 Å². The molecule has 0 fully saturated rings. The van der Waals surface area contributed by atoms with Crippen LogP contribution in [0.1, 0.15) is 25.6 Å². The fraction of sp³-hybridized carbons (Fsp3) is 0.333. The average Bonchev–Trinajstić information content (AvgIpc) is 2.57. The molecule has 0 aliphatic rings. The second kappa shape index (κ2) is 3.99. The Labute approximate surface area is 98.2 Å². The van der Waals surface area contributed by atoms with Gasteiger partial charge in [0.15, 0.2) is 0 Å². The average molecular weight is 267 g/mol. The van der Waals surface area contributed by atoms with E-state index in [1.807, 2.05) is 0 Å². The first-order chi connectivity index (χ1) is 7.15. The summed E-state index contributed by atoms with van der Waals surface area (Å²) in [7, 11) is 0. The third-order valence-corrected chi connectivity index (χ3v) is 3.26. The minimum atomic E-state index is 0.430. The van der Waals surface area contributed by atoms with Crippen molar-refractivity contribution in [2.75, 3.05) is 0 Å². The summed E-state index contributed by atoms with van der Waals surface area (Å²) in [5.41, 5.74) is 8.20. The van der Waals surface area contributed by atoms with E-state index >= 15 is 0 Å². The maximum absolute atomic E-state index is 5.77. The van der Waals surface area contributed by atoms with Gasteiger partial charge in [-0.05, 0) is 41.9 Å². The van der Waals surface area contributed by atoms with E-state index in [9.17, 15) is 0 Å². The summed E-state index contributed by atoms with van der Waals surface area (Å²) in [5.74, 6) is 0. The van der Waals surface area contributed by atoms with Crippen molar-refractivity contribution in [3.05, 3.63) is 34.4 Å². The summed E-state index contributed by atoms with van der Waals surface area (Å²) in [6.07, 6.45) is 0. The summed E-state index contributed by atoms with van der Waals surface area (Å²) >= 11 is 3.60. The SMILES string of the molecule is CC(C)n1c(CN)cc2cccc(Br)c21. The molecule has 2 N–H and O–H groups in total. The highest BCUT2D eigenvalue weighted by molar-refractivity contribution is 9.10. The van der Waals surface area contributed by atoms with Gasteiger partial charge in [0, 0.05) is 28.1 Å². The van der Waals surface area contributed by atoms with Gasteiger partial charge in [-0.2, -0.15) is 0 Å². The Morgan fingerprint density at radius 2 is 2.13 bits per heavy atom. The number of nitrogens with zero attached hydrogens (tertiary/aromatic N) is 1. The Balaban J connectivity index is 2.82.